The van der Waals surface area contributed by atoms with Gasteiger partial charge in [0.25, 0.3) is 0 Å². The Balaban J connectivity index is 2.19. The molecule has 4 nitrogen and oxygen atoms in total. The van der Waals surface area contributed by atoms with Gasteiger partial charge in [0.1, 0.15) is 0 Å². The third kappa shape index (κ3) is 2.89. The number of fused-ring (bicyclic) bond motifs is 1. The van der Waals surface area contributed by atoms with Gasteiger partial charge in [0, 0.05) is 18.0 Å². The number of hydrogen-bond donors (Lipinski definition) is 2. The fraction of sp³-hybridized carbons (Fsp3) is 0.0769. The largest absolute Gasteiger partial charge is 0.327 e. The summed E-state index contributed by atoms with van der Waals surface area (Å²) in [7, 11) is 0. The van der Waals surface area contributed by atoms with E-state index in [1.54, 1.807) is 12.3 Å². The molecule has 1 amide bonds. The van der Waals surface area contributed by atoms with E-state index < -0.39 is 0 Å². The number of pyridine rings is 1. The molecule has 2 aromatic rings. The molecule has 3 N–H and O–H groups in total. The summed E-state index contributed by atoms with van der Waals surface area (Å²) in [5, 5.41) is 3.72. The lowest BCUT2D eigenvalue weighted by Gasteiger charge is -2.03. The molecule has 0 spiro atoms. The van der Waals surface area contributed by atoms with Crippen LogP contribution >= 0.6 is 0 Å². The maximum atomic E-state index is 11.4. The molecule has 2 rings (SSSR count). The summed E-state index contributed by atoms with van der Waals surface area (Å²) in [6, 6.07) is 9.63. The quantitative estimate of drug-likeness (QED) is 0.784. The summed E-state index contributed by atoms with van der Waals surface area (Å²) < 4.78 is 0. The molecular formula is C13H13N3O. The second-order valence-electron chi connectivity index (χ2n) is 3.54. The molecule has 1 aromatic carbocycles. The number of carbonyl (C=O) groups excluding carboxylic acids is 1. The fourth-order valence-electron chi connectivity index (χ4n) is 1.50. The molecule has 0 unspecified atom stereocenters. The molecule has 0 radical (unpaired) electrons. The molecule has 0 aliphatic heterocycles. The number of rotatable bonds is 3. The minimum atomic E-state index is -0.201. The molecule has 0 atom stereocenters. The van der Waals surface area contributed by atoms with E-state index in [0.717, 1.165) is 10.9 Å². The van der Waals surface area contributed by atoms with Crippen LogP contribution in [0.2, 0.25) is 0 Å². The zero-order valence-electron chi connectivity index (χ0n) is 9.26. The standard InChI is InChI=1S/C13H13N3O/c14-7-3-6-13(17)16-11-8-10-4-1-2-5-12(10)15-9-11/h1-6,8-9H,7,14H2,(H,16,17)/b6-3+. The van der Waals surface area contributed by atoms with Crippen LogP contribution in [0.1, 0.15) is 0 Å². The number of para-hydroxylation sites is 1. The molecule has 4 heteroatoms. The Labute approximate surface area is 99.2 Å². The summed E-state index contributed by atoms with van der Waals surface area (Å²) >= 11 is 0. The molecule has 86 valence electrons. The van der Waals surface area contributed by atoms with Gasteiger partial charge in [-0.15, -0.1) is 0 Å². The SMILES string of the molecule is NC/C=C/C(=O)Nc1cnc2ccccc2c1. The van der Waals surface area contributed by atoms with E-state index >= 15 is 0 Å². The van der Waals surface area contributed by atoms with E-state index in [9.17, 15) is 4.79 Å². The third-order valence-corrected chi connectivity index (χ3v) is 2.26. The van der Waals surface area contributed by atoms with Gasteiger partial charge in [-0.25, -0.2) is 0 Å². The first kappa shape index (κ1) is 11.3. The van der Waals surface area contributed by atoms with Crippen LogP contribution in [0, 0.1) is 0 Å². The van der Waals surface area contributed by atoms with Gasteiger partial charge in [0.15, 0.2) is 0 Å². The maximum absolute atomic E-state index is 11.4. The Morgan fingerprint density at radius 3 is 3.06 bits per heavy atom. The first-order valence-electron chi connectivity index (χ1n) is 5.32. The number of aromatic nitrogens is 1. The van der Waals surface area contributed by atoms with Crippen LogP contribution in [0.5, 0.6) is 0 Å². The molecule has 0 aliphatic rings. The van der Waals surface area contributed by atoms with Crippen LogP contribution in [-0.2, 0) is 4.79 Å². The number of amides is 1. The molecule has 0 aliphatic carbocycles. The highest BCUT2D eigenvalue weighted by atomic mass is 16.1. The van der Waals surface area contributed by atoms with Gasteiger partial charge in [-0.3, -0.25) is 9.78 Å². The van der Waals surface area contributed by atoms with E-state index in [4.69, 9.17) is 5.73 Å². The number of anilines is 1. The highest BCUT2D eigenvalue weighted by Gasteiger charge is 1.99. The third-order valence-electron chi connectivity index (χ3n) is 2.26. The van der Waals surface area contributed by atoms with Gasteiger partial charge in [0.05, 0.1) is 17.4 Å². The highest BCUT2D eigenvalue weighted by molar-refractivity contribution is 6.00. The summed E-state index contributed by atoms with van der Waals surface area (Å²) in [4.78, 5) is 15.7. The summed E-state index contributed by atoms with van der Waals surface area (Å²) in [5.41, 5.74) is 6.85. The van der Waals surface area contributed by atoms with Crippen molar-refractivity contribution >= 4 is 22.5 Å². The smallest absolute Gasteiger partial charge is 0.248 e. The number of benzene rings is 1. The molecular weight excluding hydrogens is 214 g/mol. The Morgan fingerprint density at radius 1 is 1.41 bits per heavy atom. The van der Waals surface area contributed by atoms with Crippen LogP contribution in [0.15, 0.2) is 48.7 Å². The molecule has 0 saturated heterocycles. The van der Waals surface area contributed by atoms with Gasteiger partial charge in [0.2, 0.25) is 5.91 Å². The van der Waals surface area contributed by atoms with Gasteiger partial charge in [-0.2, -0.15) is 0 Å². The Morgan fingerprint density at radius 2 is 2.24 bits per heavy atom. The van der Waals surface area contributed by atoms with E-state index in [1.807, 2.05) is 30.3 Å². The zero-order chi connectivity index (χ0) is 12.1. The van der Waals surface area contributed by atoms with Gasteiger partial charge >= 0.3 is 0 Å². The number of nitrogens with zero attached hydrogens (tertiary/aromatic N) is 1. The van der Waals surface area contributed by atoms with E-state index in [2.05, 4.69) is 10.3 Å². The lowest BCUT2D eigenvalue weighted by Crippen LogP contribution is -2.09. The number of nitrogens with one attached hydrogen (secondary N) is 1. The van der Waals surface area contributed by atoms with Crippen molar-refractivity contribution in [2.24, 2.45) is 5.73 Å². The van der Waals surface area contributed by atoms with Crippen LogP contribution in [0.3, 0.4) is 0 Å². The number of carbonyl (C=O) groups is 1. The van der Waals surface area contributed by atoms with Gasteiger partial charge in [-0.1, -0.05) is 24.3 Å². The molecule has 1 aromatic heterocycles. The molecule has 1 heterocycles. The van der Waals surface area contributed by atoms with Gasteiger partial charge < -0.3 is 11.1 Å². The zero-order valence-corrected chi connectivity index (χ0v) is 9.26. The Kier molecular flexibility index (Phi) is 3.47. The summed E-state index contributed by atoms with van der Waals surface area (Å²) in [6.07, 6.45) is 4.65. The summed E-state index contributed by atoms with van der Waals surface area (Å²) in [5.74, 6) is -0.201. The van der Waals surface area contributed by atoms with Crippen molar-refractivity contribution in [1.82, 2.24) is 4.98 Å². The highest BCUT2D eigenvalue weighted by Crippen LogP contribution is 2.15. The van der Waals surface area contributed by atoms with E-state index in [0.29, 0.717) is 12.2 Å². The van der Waals surface area contributed by atoms with Crippen LogP contribution < -0.4 is 11.1 Å². The predicted octanol–water partition coefficient (Wildman–Crippen LogP) is 1.69. The first-order valence-corrected chi connectivity index (χ1v) is 5.32. The number of hydrogen-bond acceptors (Lipinski definition) is 3. The van der Waals surface area contributed by atoms with Crippen molar-refractivity contribution in [1.29, 1.82) is 0 Å². The lowest BCUT2D eigenvalue weighted by atomic mass is 10.2. The van der Waals surface area contributed by atoms with Crippen molar-refractivity contribution in [2.45, 2.75) is 0 Å². The second kappa shape index (κ2) is 5.23. The normalized spacial score (nSPS) is 10.9. The average molecular weight is 227 g/mol. The van der Waals surface area contributed by atoms with E-state index in [1.165, 1.54) is 6.08 Å². The summed E-state index contributed by atoms with van der Waals surface area (Å²) in [6.45, 7) is 0.351. The van der Waals surface area contributed by atoms with Crippen molar-refractivity contribution in [3.63, 3.8) is 0 Å². The topological polar surface area (TPSA) is 68.0 Å². The second-order valence-corrected chi connectivity index (χ2v) is 3.54. The Bertz CT molecular complexity index is 563. The van der Waals surface area contributed by atoms with Crippen molar-refractivity contribution in [3.8, 4) is 0 Å². The monoisotopic (exact) mass is 227 g/mol. The van der Waals surface area contributed by atoms with Crippen LogP contribution in [0.4, 0.5) is 5.69 Å². The maximum Gasteiger partial charge on any atom is 0.248 e. The molecule has 17 heavy (non-hydrogen) atoms. The minimum absolute atomic E-state index is 0.201. The van der Waals surface area contributed by atoms with Crippen molar-refractivity contribution < 1.29 is 4.79 Å². The first-order chi connectivity index (χ1) is 8.29. The lowest BCUT2D eigenvalue weighted by molar-refractivity contribution is -0.111. The van der Waals surface area contributed by atoms with Crippen molar-refractivity contribution in [2.75, 3.05) is 11.9 Å². The molecule has 0 fully saturated rings. The van der Waals surface area contributed by atoms with Crippen LogP contribution in [0.25, 0.3) is 10.9 Å². The number of nitrogens with two attached hydrogens (primary N) is 1. The molecule has 0 saturated carbocycles. The van der Waals surface area contributed by atoms with Gasteiger partial charge in [-0.05, 0) is 12.1 Å². The average Bonchev–Trinajstić information content (AvgIpc) is 2.36. The van der Waals surface area contributed by atoms with Crippen LogP contribution in [-0.4, -0.2) is 17.4 Å². The Hall–Kier alpha value is -2.20. The fourth-order valence-corrected chi connectivity index (χ4v) is 1.50. The van der Waals surface area contributed by atoms with Crippen molar-refractivity contribution in [3.05, 3.63) is 48.7 Å². The molecule has 0 bridgehead atoms. The predicted molar refractivity (Wildman–Crippen MR) is 68.6 cm³/mol. The van der Waals surface area contributed by atoms with E-state index in [-0.39, 0.29) is 5.91 Å². The minimum Gasteiger partial charge on any atom is -0.327 e.